The predicted octanol–water partition coefficient (Wildman–Crippen LogP) is 6.70. The van der Waals surface area contributed by atoms with Gasteiger partial charge in [0.15, 0.2) is 11.6 Å². The van der Waals surface area contributed by atoms with E-state index < -0.39 is 61.4 Å². The maximum atomic E-state index is 15.3. The van der Waals surface area contributed by atoms with Crippen LogP contribution in [0.1, 0.15) is 54.9 Å². The molecule has 2 fully saturated rings. The summed E-state index contributed by atoms with van der Waals surface area (Å²) in [5, 5.41) is 10.3. The molecule has 1 aliphatic carbocycles. The zero-order valence-electron chi connectivity index (χ0n) is 30.6. The highest BCUT2D eigenvalue weighted by Crippen LogP contribution is 2.40. The van der Waals surface area contributed by atoms with Crippen LogP contribution in [-0.2, 0) is 30.8 Å². The predicted molar refractivity (Wildman–Crippen MR) is 198 cm³/mol. The Morgan fingerprint density at radius 2 is 1.64 bits per heavy atom. The van der Waals surface area contributed by atoms with E-state index >= 15 is 4.39 Å². The molecule has 0 radical (unpaired) electrons. The number of hydrogen-bond acceptors (Lipinski definition) is 9. The van der Waals surface area contributed by atoms with Crippen LogP contribution in [0.25, 0.3) is 10.8 Å². The van der Waals surface area contributed by atoms with Crippen LogP contribution in [0.4, 0.5) is 23.2 Å². The number of piperidine rings is 1. The van der Waals surface area contributed by atoms with E-state index in [1.807, 2.05) is 49.4 Å². The first-order valence-electron chi connectivity index (χ1n) is 18.0. The van der Waals surface area contributed by atoms with E-state index in [1.54, 1.807) is 0 Å². The van der Waals surface area contributed by atoms with Crippen molar-refractivity contribution in [1.82, 2.24) is 10.6 Å². The average Bonchev–Trinajstić information content (AvgIpc) is 3.18. The van der Waals surface area contributed by atoms with Gasteiger partial charge >= 0.3 is 11.5 Å². The minimum absolute atomic E-state index is 0.0655. The van der Waals surface area contributed by atoms with Crippen molar-refractivity contribution in [3.8, 4) is 11.5 Å². The van der Waals surface area contributed by atoms with Gasteiger partial charge in [-0.2, -0.15) is 13.2 Å². The molecular formula is C40H41F4N3O8S. The van der Waals surface area contributed by atoms with E-state index in [0.717, 1.165) is 34.5 Å². The van der Waals surface area contributed by atoms with Crippen LogP contribution in [0, 0.1) is 17.2 Å². The number of methoxy groups -OCH3 is 1. The molecule has 11 nitrogen and oxygen atoms in total. The number of rotatable bonds is 11. The fourth-order valence-electron chi connectivity index (χ4n) is 7.10. The number of sulfone groups is 1. The summed E-state index contributed by atoms with van der Waals surface area (Å²) >= 11 is 0. The van der Waals surface area contributed by atoms with Gasteiger partial charge in [-0.15, -0.1) is 0 Å². The lowest BCUT2D eigenvalue weighted by molar-refractivity contribution is -0.159. The molecule has 0 spiro atoms. The van der Waals surface area contributed by atoms with Gasteiger partial charge in [0, 0.05) is 24.3 Å². The number of fused-ring (bicyclic) bond motifs is 1. The third-order valence-electron chi connectivity index (χ3n) is 10.4. The molecule has 56 heavy (non-hydrogen) atoms. The van der Waals surface area contributed by atoms with Crippen LogP contribution in [0.5, 0.6) is 11.5 Å². The molecule has 6 rings (SSSR count). The Balaban J connectivity index is 1.08. The minimum Gasteiger partial charge on any atom is -0.496 e. The van der Waals surface area contributed by atoms with Gasteiger partial charge < -0.3 is 30.2 Å². The molecule has 0 aromatic heterocycles. The molecule has 2 amide bonds. The lowest BCUT2D eigenvalue weighted by atomic mass is 9.74. The Kier molecular flexibility index (Phi) is 11.9. The zero-order chi connectivity index (χ0) is 40.3. The molecule has 0 bridgehead atoms. The van der Waals surface area contributed by atoms with Gasteiger partial charge in [-0.05, 0) is 86.2 Å². The van der Waals surface area contributed by atoms with Crippen molar-refractivity contribution >= 4 is 44.1 Å². The molecule has 1 aliphatic heterocycles. The fourth-order valence-corrected chi connectivity index (χ4v) is 7.91. The summed E-state index contributed by atoms with van der Waals surface area (Å²) in [5.74, 6) is -3.68. The molecule has 0 unspecified atom stereocenters. The van der Waals surface area contributed by atoms with Crippen LogP contribution < -0.4 is 25.4 Å². The van der Waals surface area contributed by atoms with E-state index in [4.69, 9.17) is 14.2 Å². The lowest BCUT2D eigenvalue weighted by Crippen LogP contribution is -2.53. The first-order valence-corrected chi connectivity index (χ1v) is 19.5. The summed E-state index contributed by atoms with van der Waals surface area (Å²) in [5.41, 5.74) is -5.64. The quantitative estimate of drug-likeness (QED) is 0.111. The topological polar surface area (TPSA) is 149 Å². The number of nitrogens with one attached hydrogen (secondary N) is 3. The van der Waals surface area contributed by atoms with Crippen molar-refractivity contribution in [2.24, 2.45) is 11.3 Å². The number of esters is 1. The number of halogens is 4. The van der Waals surface area contributed by atoms with E-state index in [0.29, 0.717) is 38.3 Å². The molecule has 1 saturated heterocycles. The van der Waals surface area contributed by atoms with Crippen molar-refractivity contribution in [3.63, 3.8) is 0 Å². The highest BCUT2D eigenvalue weighted by Gasteiger charge is 2.47. The smallest absolute Gasteiger partial charge is 0.496 e. The largest absolute Gasteiger partial charge is 0.501 e. The third kappa shape index (κ3) is 8.76. The van der Waals surface area contributed by atoms with Gasteiger partial charge in [0.25, 0.3) is 15.7 Å². The van der Waals surface area contributed by atoms with Gasteiger partial charge in [0.1, 0.15) is 12.4 Å². The molecule has 2 aliphatic rings. The molecule has 2 atom stereocenters. The van der Waals surface area contributed by atoms with Gasteiger partial charge in [0.2, 0.25) is 5.91 Å². The Morgan fingerprint density at radius 1 is 0.929 bits per heavy atom. The monoisotopic (exact) mass is 799 g/mol. The van der Waals surface area contributed by atoms with Gasteiger partial charge in [0.05, 0.1) is 35.0 Å². The van der Waals surface area contributed by atoms with Crippen molar-refractivity contribution in [2.75, 3.05) is 25.5 Å². The van der Waals surface area contributed by atoms with Crippen LogP contribution in [0.2, 0.25) is 0 Å². The Labute approximate surface area is 321 Å². The molecule has 16 heteroatoms. The Bertz CT molecular complexity index is 2220. The van der Waals surface area contributed by atoms with Gasteiger partial charge in [-0.1, -0.05) is 48.5 Å². The second kappa shape index (κ2) is 16.5. The third-order valence-corrected chi connectivity index (χ3v) is 11.9. The highest BCUT2D eigenvalue weighted by atomic mass is 32.2. The summed E-state index contributed by atoms with van der Waals surface area (Å²) < 4.78 is 95.6. The SMILES string of the molecule is COc1cc(F)c(OC2CCC(C)(C(=O)OCc3cccc4ccccc34)CC2)cc1C(=O)N[C@@H]1CCNC[C@@H]1C(=O)Nc1cccc(S(=O)(=O)C(F)(F)F)c1. The van der Waals surface area contributed by atoms with Crippen LogP contribution >= 0.6 is 0 Å². The van der Waals surface area contributed by atoms with Gasteiger partial charge in [-0.25, -0.2) is 12.8 Å². The first-order chi connectivity index (χ1) is 26.6. The number of benzene rings is 4. The maximum absolute atomic E-state index is 15.3. The lowest BCUT2D eigenvalue weighted by Gasteiger charge is -2.35. The fraction of sp³-hybridized carbons (Fsp3) is 0.375. The number of carbonyl (C=O) groups excluding carboxylic acids is 3. The number of hydrogen-bond donors (Lipinski definition) is 3. The van der Waals surface area contributed by atoms with Crippen LogP contribution in [0.15, 0.2) is 83.8 Å². The second-order valence-electron chi connectivity index (χ2n) is 14.2. The summed E-state index contributed by atoms with van der Waals surface area (Å²) in [6.45, 7) is 2.48. The van der Waals surface area contributed by atoms with E-state index in [-0.39, 0.29) is 48.3 Å². The Morgan fingerprint density at radius 3 is 2.38 bits per heavy atom. The van der Waals surface area contributed by atoms with E-state index in [1.165, 1.54) is 19.2 Å². The number of anilines is 1. The van der Waals surface area contributed by atoms with Crippen molar-refractivity contribution in [3.05, 3.63) is 95.8 Å². The van der Waals surface area contributed by atoms with Crippen molar-refractivity contribution in [1.29, 1.82) is 0 Å². The number of ether oxygens (including phenoxy) is 3. The van der Waals surface area contributed by atoms with Crippen molar-refractivity contribution in [2.45, 2.75) is 68.2 Å². The summed E-state index contributed by atoms with van der Waals surface area (Å²) in [7, 11) is -4.39. The number of carbonyl (C=O) groups is 3. The maximum Gasteiger partial charge on any atom is 0.501 e. The normalized spacial score (nSPS) is 21.5. The molecular weight excluding hydrogens is 759 g/mol. The number of alkyl halides is 3. The molecule has 298 valence electrons. The molecule has 1 heterocycles. The van der Waals surface area contributed by atoms with E-state index in [9.17, 15) is 36.0 Å². The average molecular weight is 800 g/mol. The standard InChI is InChI=1S/C40H41F4N3O8S/c1-39(38(50)54-23-25-9-5-8-24-7-3-4-12-29(24)25)16-13-27(14-17-39)55-35-20-30(34(53-2)21-32(35)41)36(48)47-33-15-18-45-22-31(33)37(49)46-26-10-6-11-28(19-26)56(51,52)40(42,43)44/h3-12,19-21,27,31,33,45H,13-18,22-23H2,1-2H3,(H,46,49)(H,47,48)/t27?,31-,33+,39?/m0/s1. The zero-order valence-corrected chi connectivity index (χ0v) is 31.4. The molecule has 4 aromatic rings. The second-order valence-corrected chi connectivity index (χ2v) is 16.2. The van der Waals surface area contributed by atoms with E-state index in [2.05, 4.69) is 16.0 Å². The summed E-state index contributed by atoms with van der Waals surface area (Å²) in [6, 6.07) is 19.0. The molecule has 3 N–H and O–H groups in total. The first kappa shape index (κ1) is 40.4. The summed E-state index contributed by atoms with van der Waals surface area (Å²) in [6.07, 6.45) is 1.52. The Hall–Kier alpha value is -5.22. The van der Waals surface area contributed by atoms with Crippen LogP contribution in [0.3, 0.4) is 0 Å². The summed E-state index contributed by atoms with van der Waals surface area (Å²) in [4.78, 5) is 39.2. The highest BCUT2D eigenvalue weighted by molar-refractivity contribution is 7.92. The number of amides is 2. The minimum atomic E-state index is -5.65. The van der Waals surface area contributed by atoms with Crippen molar-refractivity contribution < 1.29 is 54.6 Å². The molecule has 4 aromatic carbocycles. The molecule has 1 saturated carbocycles. The van der Waals surface area contributed by atoms with Gasteiger partial charge in [-0.3, -0.25) is 14.4 Å². The van der Waals surface area contributed by atoms with Crippen LogP contribution in [-0.4, -0.2) is 64.1 Å².